The molecule has 60 heavy (non-hydrogen) atoms. The maximum atomic E-state index is 13.6. The molecule has 2 amide bonds. The fraction of sp³-hybridized carbons (Fsp3) is 0.457. The molecular weight excluding hydrogens is 828 g/mol. The van der Waals surface area contributed by atoms with Gasteiger partial charge in [-0.1, -0.05) is 39.0 Å². The van der Waals surface area contributed by atoms with Crippen molar-refractivity contribution in [2.45, 2.75) is 71.4 Å². The maximum Gasteiger partial charge on any atom is 0.472 e. The van der Waals surface area contributed by atoms with Crippen molar-refractivity contribution in [2.24, 2.45) is 11.8 Å². The monoisotopic (exact) mass is 871 g/mol. The Morgan fingerprint density at radius 3 is 2.52 bits per heavy atom. The smallest absolute Gasteiger partial charge is 0.352 e. The molecule has 4 aromatic heterocycles. The average Bonchev–Trinajstić information content (AvgIpc) is 3.97. The zero-order valence-electron chi connectivity index (χ0n) is 32.6. The van der Waals surface area contributed by atoms with E-state index in [1.54, 1.807) is 57.2 Å². The summed E-state index contributed by atoms with van der Waals surface area (Å²) in [5.41, 5.74) is 0.410. The number of ether oxygens (including phenoxy) is 1. The van der Waals surface area contributed by atoms with Crippen LogP contribution >= 0.6 is 15.6 Å². The topological polar surface area (TPSA) is 310 Å². The summed E-state index contributed by atoms with van der Waals surface area (Å²) in [7, 11) is -9.56. The third-order valence-corrected chi connectivity index (χ3v) is 11.3. The van der Waals surface area contributed by atoms with Crippen LogP contribution in [0.1, 0.15) is 63.0 Å². The molecule has 6 atom stereocenters. The molecule has 0 saturated carbocycles. The molecule has 5 heterocycles. The fourth-order valence-corrected chi connectivity index (χ4v) is 7.88. The highest BCUT2D eigenvalue weighted by atomic mass is 31.2. The van der Waals surface area contributed by atoms with Crippen LogP contribution < -0.4 is 16.2 Å². The summed E-state index contributed by atoms with van der Waals surface area (Å²) in [6, 6.07) is 10.2. The van der Waals surface area contributed by atoms with Gasteiger partial charge in [0, 0.05) is 17.4 Å². The summed E-state index contributed by atoms with van der Waals surface area (Å²) >= 11 is 0. The normalized spacial score (nSPS) is 18.5. The molecule has 23 nitrogen and oxygen atoms in total. The van der Waals surface area contributed by atoms with Crippen LogP contribution in [-0.4, -0.2) is 92.7 Å². The van der Waals surface area contributed by atoms with Crippen molar-refractivity contribution in [1.82, 2.24) is 39.0 Å². The predicted molar refractivity (Wildman–Crippen MR) is 211 cm³/mol. The molecule has 1 aliphatic heterocycles. The molecule has 5 N–H and O–H groups in total. The van der Waals surface area contributed by atoms with Crippen molar-refractivity contribution in [1.29, 1.82) is 5.26 Å². The van der Waals surface area contributed by atoms with E-state index in [0.717, 1.165) is 0 Å². The maximum absolute atomic E-state index is 13.6. The first-order chi connectivity index (χ1) is 28.7. The Balaban J connectivity index is 1.17. The Labute approximate surface area is 341 Å². The summed E-state index contributed by atoms with van der Waals surface area (Å²) in [6.45, 7) is 3.63. The standard InChI is InChI=1S/C35H43N11O12P2/c1-4-22(16-55-59(50,51)54-14-8-13-36)25(15-45-19-39-27-29(37-18-38-30(27)45)41-33(48)23-9-6-5-7-10-23)58-60(52,53)56-17-24-11-12-26(57-24)46-20-40-28-31(46)42-35(44-34(28)49)43-32(47)21(2)3/h5-7,9-10,18-22,24-26H,4,8,11-12,14-17H2,1-3H3,(H,50,51)(H,52,53)(H,37,38,41,48)(H2,42,43,44,47,49)/t22-,24+,25+,26-/m1/s1. The van der Waals surface area contributed by atoms with Crippen molar-refractivity contribution in [2.75, 3.05) is 30.5 Å². The van der Waals surface area contributed by atoms with Crippen LogP contribution in [0.5, 0.6) is 0 Å². The second-order valence-electron chi connectivity index (χ2n) is 13.9. The lowest BCUT2D eigenvalue weighted by Gasteiger charge is -2.28. The molecular formula is C35H43N11O12P2. The molecule has 320 valence electrons. The SMILES string of the molecule is CC[C@H](COP(=O)(O)OCCC#N)[C@H](Cn1cnc2c(NC(=O)c3ccccc3)ncnc21)OP(=O)(O)OC[C@@H]1CC[C@H](n2cnc3c(=O)[nH]c(NC(=O)C(C)C)nc32)O1. The number of carbonyl (C=O) groups is 2. The molecule has 1 aromatic carbocycles. The first kappa shape index (κ1) is 44.3. The van der Waals surface area contributed by atoms with Gasteiger partial charge in [-0.3, -0.25) is 47.3 Å². The van der Waals surface area contributed by atoms with Crippen molar-refractivity contribution in [3.63, 3.8) is 0 Å². The molecule has 0 aliphatic carbocycles. The number of H-pyrrole nitrogens is 1. The van der Waals surface area contributed by atoms with E-state index in [2.05, 4.69) is 40.5 Å². The van der Waals surface area contributed by atoms with E-state index >= 15 is 0 Å². The van der Waals surface area contributed by atoms with Crippen molar-refractivity contribution in [3.05, 3.63) is 65.2 Å². The van der Waals surface area contributed by atoms with E-state index in [9.17, 15) is 33.3 Å². The zero-order chi connectivity index (χ0) is 43.0. The van der Waals surface area contributed by atoms with Gasteiger partial charge in [-0.25, -0.2) is 29.1 Å². The van der Waals surface area contributed by atoms with Gasteiger partial charge in [0.25, 0.3) is 11.5 Å². The molecule has 6 rings (SSSR count). The Kier molecular flexibility index (Phi) is 14.3. The number of hydrogen-bond acceptors (Lipinski definition) is 16. The summed E-state index contributed by atoms with van der Waals surface area (Å²) in [6.07, 6.45) is 2.08. The lowest BCUT2D eigenvalue weighted by atomic mass is 10.0. The number of imidazole rings is 2. The summed E-state index contributed by atoms with van der Waals surface area (Å²) in [5, 5.41) is 14.1. The number of phosphoric acid groups is 2. The zero-order valence-corrected chi connectivity index (χ0v) is 34.4. The fourth-order valence-electron chi connectivity index (χ4n) is 6.11. The Morgan fingerprint density at radius 2 is 1.78 bits per heavy atom. The second-order valence-corrected chi connectivity index (χ2v) is 16.7. The van der Waals surface area contributed by atoms with Crippen LogP contribution in [0.2, 0.25) is 0 Å². The van der Waals surface area contributed by atoms with Crippen LogP contribution in [0.15, 0.2) is 54.1 Å². The number of phosphoric ester groups is 2. The van der Waals surface area contributed by atoms with Crippen molar-refractivity contribution >= 4 is 61.6 Å². The van der Waals surface area contributed by atoms with E-state index in [0.29, 0.717) is 18.4 Å². The predicted octanol–water partition coefficient (Wildman–Crippen LogP) is 4.06. The van der Waals surface area contributed by atoms with Gasteiger partial charge in [-0.05, 0) is 31.4 Å². The van der Waals surface area contributed by atoms with Gasteiger partial charge in [-0.2, -0.15) is 10.2 Å². The minimum Gasteiger partial charge on any atom is -0.352 e. The summed E-state index contributed by atoms with van der Waals surface area (Å²) < 4.78 is 56.6. The van der Waals surface area contributed by atoms with Crippen LogP contribution in [-0.2, 0) is 43.3 Å². The van der Waals surface area contributed by atoms with Crippen LogP contribution in [0, 0.1) is 23.2 Å². The van der Waals surface area contributed by atoms with Gasteiger partial charge < -0.3 is 24.4 Å². The quantitative estimate of drug-likeness (QED) is 0.0544. The van der Waals surface area contributed by atoms with Crippen LogP contribution in [0.25, 0.3) is 22.3 Å². The third-order valence-electron chi connectivity index (χ3n) is 9.30. The molecule has 5 aromatic rings. The second kappa shape index (κ2) is 19.4. The van der Waals surface area contributed by atoms with Gasteiger partial charge in [-0.15, -0.1) is 0 Å². The molecule has 2 unspecified atom stereocenters. The van der Waals surface area contributed by atoms with Gasteiger partial charge >= 0.3 is 15.6 Å². The van der Waals surface area contributed by atoms with Crippen LogP contribution in [0.3, 0.4) is 0 Å². The average molecular weight is 872 g/mol. The minimum atomic E-state index is -4.92. The molecule has 0 radical (unpaired) electrons. The third kappa shape index (κ3) is 11.1. The highest BCUT2D eigenvalue weighted by Gasteiger charge is 2.37. The Hall–Kier alpha value is -5.27. The number of rotatable bonds is 20. The van der Waals surface area contributed by atoms with Crippen LogP contribution in [0.4, 0.5) is 11.8 Å². The Bertz CT molecular complexity index is 2510. The number of nitriles is 1. The van der Waals surface area contributed by atoms with Gasteiger partial charge in [0.05, 0.1) is 63.7 Å². The summed E-state index contributed by atoms with van der Waals surface area (Å²) in [5.74, 6) is -1.96. The van der Waals surface area contributed by atoms with E-state index in [1.807, 2.05) is 0 Å². The van der Waals surface area contributed by atoms with Gasteiger partial charge in [0.15, 0.2) is 28.1 Å². The van der Waals surface area contributed by atoms with Gasteiger partial charge in [0.2, 0.25) is 11.9 Å². The first-order valence-electron chi connectivity index (χ1n) is 18.8. The number of fused-ring (bicyclic) bond motifs is 2. The largest absolute Gasteiger partial charge is 0.472 e. The number of hydrogen-bond donors (Lipinski definition) is 5. The number of aromatic nitrogens is 8. The first-order valence-corrected chi connectivity index (χ1v) is 21.8. The number of anilines is 2. The van der Waals surface area contributed by atoms with Gasteiger partial charge in [0.1, 0.15) is 12.6 Å². The molecule has 1 aliphatic rings. The number of aromatic amines is 1. The van der Waals surface area contributed by atoms with Crippen molar-refractivity contribution < 1.29 is 51.3 Å². The molecule has 1 saturated heterocycles. The summed E-state index contributed by atoms with van der Waals surface area (Å²) in [4.78, 5) is 83.0. The molecule has 25 heteroatoms. The van der Waals surface area contributed by atoms with E-state index in [4.69, 9.17) is 28.1 Å². The van der Waals surface area contributed by atoms with Crippen molar-refractivity contribution in [3.8, 4) is 6.07 Å². The number of nitrogens with one attached hydrogen (secondary N) is 3. The molecule has 1 fully saturated rings. The minimum absolute atomic E-state index is 0.0196. The number of nitrogens with zero attached hydrogens (tertiary/aromatic N) is 8. The highest BCUT2D eigenvalue weighted by molar-refractivity contribution is 7.47. The number of amides is 2. The highest BCUT2D eigenvalue weighted by Crippen LogP contribution is 2.49. The molecule has 0 spiro atoms. The molecule has 0 bridgehead atoms. The Morgan fingerprint density at radius 1 is 1.02 bits per heavy atom. The lowest BCUT2D eigenvalue weighted by Crippen LogP contribution is -2.31. The number of benzene rings is 1. The van der Waals surface area contributed by atoms with E-state index in [-0.39, 0.29) is 71.9 Å². The van der Waals surface area contributed by atoms with E-state index < -0.39 is 64.7 Å². The van der Waals surface area contributed by atoms with E-state index in [1.165, 1.54) is 28.1 Å². The lowest BCUT2D eigenvalue weighted by molar-refractivity contribution is -0.118. The number of carbonyl (C=O) groups excluding carboxylic acids is 2.